The molecule has 0 radical (unpaired) electrons. The average Bonchev–Trinajstić information content (AvgIpc) is 2.35. The van der Waals surface area contributed by atoms with Gasteiger partial charge in [0.05, 0.1) is 16.3 Å². The van der Waals surface area contributed by atoms with Crippen LogP contribution < -0.4 is 11.1 Å². The van der Waals surface area contributed by atoms with E-state index < -0.39 is 0 Å². The van der Waals surface area contributed by atoms with E-state index in [9.17, 15) is 4.79 Å². The topological polar surface area (TPSA) is 55.1 Å². The van der Waals surface area contributed by atoms with Gasteiger partial charge in [-0.1, -0.05) is 23.2 Å². The molecule has 0 spiro atoms. The number of aryl methyl sites for hydroxylation is 1. The average molecular weight is 374 g/mol. The molecule has 0 saturated heterocycles. The normalized spacial score (nSPS) is 10.4. The number of anilines is 2. The van der Waals surface area contributed by atoms with Gasteiger partial charge < -0.3 is 11.1 Å². The number of nitrogens with two attached hydrogens (primary N) is 1. The van der Waals surface area contributed by atoms with Crippen LogP contribution in [0.3, 0.4) is 0 Å². The van der Waals surface area contributed by atoms with Gasteiger partial charge in [-0.05, 0) is 58.7 Å². The lowest BCUT2D eigenvalue weighted by Gasteiger charge is -2.11. The molecule has 0 fully saturated rings. The number of carbonyl (C=O) groups is 1. The molecular formula is C14H11BrCl2N2O. The first-order chi connectivity index (χ1) is 9.38. The minimum absolute atomic E-state index is 0.297. The molecule has 0 aliphatic carbocycles. The van der Waals surface area contributed by atoms with Crippen LogP contribution in [0.15, 0.2) is 34.8 Å². The van der Waals surface area contributed by atoms with Crippen molar-refractivity contribution >= 4 is 56.4 Å². The SMILES string of the molecule is Cc1cc(Br)c(NC(=O)c2ccc(Cl)cc2Cl)cc1N. The molecule has 3 N–H and O–H groups in total. The molecule has 3 nitrogen and oxygen atoms in total. The fourth-order valence-corrected chi connectivity index (χ4v) is 2.70. The summed E-state index contributed by atoms with van der Waals surface area (Å²) in [5.41, 5.74) is 8.31. The molecule has 0 unspecified atom stereocenters. The third-order valence-corrected chi connectivity index (χ3v) is 3.98. The highest BCUT2D eigenvalue weighted by Gasteiger charge is 2.13. The molecule has 0 aromatic heterocycles. The van der Waals surface area contributed by atoms with E-state index in [-0.39, 0.29) is 5.91 Å². The Morgan fingerprint density at radius 2 is 1.95 bits per heavy atom. The highest BCUT2D eigenvalue weighted by Crippen LogP contribution is 2.29. The lowest BCUT2D eigenvalue weighted by Crippen LogP contribution is -2.13. The summed E-state index contributed by atoms with van der Waals surface area (Å²) in [6.07, 6.45) is 0. The molecule has 2 aromatic rings. The molecule has 0 atom stereocenters. The smallest absolute Gasteiger partial charge is 0.257 e. The lowest BCUT2D eigenvalue weighted by molar-refractivity contribution is 0.102. The highest BCUT2D eigenvalue weighted by atomic mass is 79.9. The molecule has 0 bridgehead atoms. The number of benzene rings is 2. The van der Waals surface area contributed by atoms with E-state index in [0.717, 1.165) is 10.0 Å². The third-order valence-electron chi connectivity index (χ3n) is 2.78. The van der Waals surface area contributed by atoms with E-state index in [1.54, 1.807) is 18.2 Å². The van der Waals surface area contributed by atoms with E-state index in [2.05, 4.69) is 21.2 Å². The summed E-state index contributed by atoms with van der Waals surface area (Å²) in [5.74, 6) is -0.324. The van der Waals surface area contributed by atoms with Crippen LogP contribution in [0.2, 0.25) is 10.0 Å². The van der Waals surface area contributed by atoms with Crippen molar-refractivity contribution in [1.29, 1.82) is 0 Å². The summed E-state index contributed by atoms with van der Waals surface area (Å²) >= 11 is 15.2. The van der Waals surface area contributed by atoms with E-state index in [4.69, 9.17) is 28.9 Å². The molecule has 1 amide bonds. The Morgan fingerprint density at radius 3 is 2.60 bits per heavy atom. The van der Waals surface area contributed by atoms with Crippen molar-refractivity contribution in [3.8, 4) is 0 Å². The van der Waals surface area contributed by atoms with Gasteiger partial charge in [-0.3, -0.25) is 4.79 Å². The summed E-state index contributed by atoms with van der Waals surface area (Å²) in [6, 6.07) is 8.25. The Hall–Kier alpha value is -1.23. The molecule has 6 heteroatoms. The Balaban J connectivity index is 2.30. The van der Waals surface area contributed by atoms with Gasteiger partial charge in [0, 0.05) is 15.2 Å². The molecule has 0 aliphatic heterocycles. The van der Waals surface area contributed by atoms with Gasteiger partial charge in [-0.2, -0.15) is 0 Å². The fraction of sp³-hybridized carbons (Fsp3) is 0.0714. The van der Waals surface area contributed by atoms with Crippen LogP contribution in [0.5, 0.6) is 0 Å². The molecule has 20 heavy (non-hydrogen) atoms. The molecule has 2 rings (SSSR count). The first kappa shape index (κ1) is 15.2. The first-order valence-corrected chi connectivity index (χ1v) is 7.25. The quantitative estimate of drug-likeness (QED) is 0.735. The maximum absolute atomic E-state index is 12.2. The van der Waals surface area contributed by atoms with Gasteiger partial charge in [0.2, 0.25) is 0 Å². The number of nitrogen functional groups attached to an aromatic ring is 1. The molecule has 0 saturated carbocycles. The second-order valence-corrected chi connectivity index (χ2v) is 5.96. The largest absolute Gasteiger partial charge is 0.398 e. The van der Waals surface area contributed by atoms with Crippen molar-refractivity contribution in [1.82, 2.24) is 0 Å². The van der Waals surface area contributed by atoms with E-state index >= 15 is 0 Å². The number of amides is 1. The monoisotopic (exact) mass is 372 g/mol. The molecule has 2 aromatic carbocycles. The van der Waals surface area contributed by atoms with E-state index in [1.165, 1.54) is 6.07 Å². The van der Waals surface area contributed by atoms with Crippen molar-refractivity contribution in [2.75, 3.05) is 11.1 Å². The summed E-state index contributed by atoms with van der Waals surface area (Å²) < 4.78 is 0.752. The second kappa shape index (κ2) is 6.04. The Morgan fingerprint density at radius 1 is 1.25 bits per heavy atom. The molecular weight excluding hydrogens is 363 g/mol. The summed E-state index contributed by atoms with van der Waals surface area (Å²) in [4.78, 5) is 12.2. The van der Waals surface area contributed by atoms with Crippen LogP contribution >= 0.6 is 39.1 Å². The van der Waals surface area contributed by atoms with Gasteiger partial charge >= 0.3 is 0 Å². The van der Waals surface area contributed by atoms with Crippen molar-refractivity contribution in [2.45, 2.75) is 6.92 Å². The van der Waals surface area contributed by atoms with Crippen LogP contribution in [0.1, 0.15) is 15.9 Å². The minimum atomic E-state index is -0.324. The second-order valence-electron chi connectivity index (χ2n) is 4.27. The van der Waals surface area contributed by atoms with Gasteiger partial charge in [0.1, 0.15) is 0 Å². The zero-order valence-electron chi connectivity index (χ0n) is 10.5. The van der Waals surface area contributed by atoms with Crippen molar-refractivity contribution in [2.24, 2.45) is 0 Å². The van der Waals surface area contributed by atoms with Crippen LogP contribution in [-0.2, 0) is 0 Å². The maximum atomic E-state index is 12.2. The highest BCUT2D eigenvalue weighted by molar-refractivity contribution is 9.10. The Bertz CT molecular complexity index is 689. The van der Waals surface area contributed by atoms with Gasteiger partial charge in [0.25, 0.3) is 5.91 Å². The number of rotatable bonds is 2. The maximum Gasteiger partial charge on any atom is 0.257 e. The number of nitrogens with one attached hydrogen (secondary N) is 1. The summed E-state index contributed by atoms with van der Waals surface area (Å²) in [6.45, 7) is 1.89. The predicted octanol–water partition coefficient (Wildman–Crippen LogP) is 4.90. The number of carbonyl (C=O) groups excluding carboxylic acids is 1. The molecule has 0 aliphatic rings. The van der Waals surface area contributed by atoms with Gasteiger partial charge in [-0.25, -0.2) is 0 Å². The van der Waals surface area contributed by atoms with Gasteiger partial charge in [0.15, 0.2) is 0 Å². The van der Waals surface area contributed by atoms with Crippen LogP contribution in [0.25, 0.3) is 0 Å². The van der Waals surface area contributed by atoms with Crippen LogP contribution in [-0.4, -0.2) is 5.91 Å². The van der Waals surface area contributed by atoms with Crippen molar-refractivity contribution < 1.29 is 4.79 Å². The van der Waals surface area contributed by atoms with Crippen LogP contribution in [0.4, 0.5) is 11.4 Å². The first-order valence-electron chi connectivity index (χ1n) is 5.70. The van der Waals surface area contributed by atoms with E-state index in [1.807, 2.05) is 13.0 Å². The summed E-state index contributed by atoms with van der Waals surface area (Å²) in [5, 5.41) is 3.54. The third kappa shape index (κ3) is 3.26. The minimum Gasteiger partial charge on any atom is -0.398 e. The van der Waals surface area contributed by atoms with Crippen molar-refractivity contribution in [3.05, 3.63) is 56.0 Å². The molecule has 0 heterocycles. The Kier molecular flexibility index (Phi) is 4.58. The van der Waals surface area contributed by atoms with Gasteiger partial charge in [-0.15, -0.1) is 0 Å². The Labute approximate surface area is 135 Å². The van der Waals surface area contributed by atoms with Crippen molar-refractivity contribution in [3.63, 3.8) is 0 Å². The number of hydrogen-bond donors (Lipinski definition) is 2. The summed E-state index contributed by atoms with van der Waals surface area (Å²) in [7, 11) is 0. The zero-order valence-corrected chi connectivity index (χ0v) is 13.6. The standard InChI is InChI=1S/C14H11BrCl2N2O/c1-7-4-10(15)13(6-12(7)18)19-14(20)9-3-2-8(16)5-11(9)17/h2-6H,18H2,1H3,(H,19,20). The number of hydrogen-bond acceptors (Lipinski definition) is 2. The number of halogens is 3. The predicted molar refractivity (Wildman–Crippen MR) is 87.7 cm³/mol. The van der Waals surface area contributed by atoms with E-state index in [0.29, 0.717) is 27.0 Å². The molecule has 104 valence electrons. The zero-order chi connectivity index (χ0) is 14.9. The fourth-order valence-electron chi connectivity index (χ4n) is 1.65. The van der Waals surface area contributed by atoms with Crippen LogP contribution in [0, 0.1) is 6.92 Å². The lowest BCUT2D eigenvalue weighted by atomic mass is 10.1.